The van der Waals surface area contributed by atoms with E-state index < -0.39 is 0 Å². The van der Waals surface area contributed by atoms with Gasteiger partial charge in [0.15, 0.2) is 8.04 Å². The van der Waals surface area contributed by atoms with Crippen LogP contribution < -0.4 is 10.1 Å². The van der Waals surface area contributed by atoms with Crippen molar-refractivity contribution < 1.29 is 9.67 Å². The lowest BCUT2D eigenvalue weighted by Gasteiger charge is -2.05. The zero-order chi connectivity index (χ0) is 14.3. The normalized spacial score (nSPS) is 11.1. The van der Waals surface area contributed by atoms with Crippen LogP contribution in [0.3, 0.4) is 0 Å². The van der Waals surface area contributed by atoms with Crippen LogP contribution in [0.1, 0.15) is 4.88 Å². The summed E-state index contributed by atoms with van der Waals surface area (Å²) in [5.41, 5.74) is 0.372. The molecule has 3 aromatic rings. The Bertz CT molecular complexity index is 862. The topological polar surface area (TPSA) is 58.5 Å². The minimum absolute atomic E-state index is 0.0497. The van der Waals surface area contributed by atoms with Crippen molar-refractivity contribution in [2.75, 3.05) is 0 Å². The van der Waals surface area contributed by atoms with Gasteiger partial charge in [0.05, 0.1) is 11.1 Å². The first-order valence-electron chi connectivity index (χ1n) is 5.60. The van der Waals surface area contributed by atoms with Crippen molar-refractivity contribution in [1.29, 1.82) is 0 Å². The van der Waals surface area contributed by atoms with Gasteiger partial charge in [-0.1, -0.05) is 17.7 Å². The van der Waals surface area contributed by atoms with E-state index in [4.69, 9.17) is 11.6 Å². The van der Waals surface area contributed by atoms with E-state index in [1.165, 1.54) is 15.7 Å². The summed E-state index contributed by atoms with van der Waals surface area (Å²) in [6.07, 6.45) is 3.34. The molecule has 0 saturated heterocycles. The van der Waals surface area contributed by atoms with E-state index in [1.54, 1.807) is 29.1 Å². The Hall–Kier alpha value is -1.19. The van der Waals surface area contributed by atoms with Crippen LogP contribution in [0.2, 0.25) is 4.47 Å². The lowest BCUT2D eigenvalue weighted by Crippen LogP contribution is -2.41. The highest BCUT2D eigenvalue weighted by Crippen LogP contribution is 2.19. The minimum Gasteiger partial charge on any atom is -0.477 e. The van der Waals surface area contributed by atoms with Gasteiger partial charge in [-0.25, -0.2) is 9.78 Å². The van der Waals surface area contributed by atoms with E-state index >= 15 is 0 Å². The van der Waals surface area contributed by atoms with Gasteiger partial charge in [0, 0.05) is 12.3 Å². The van der Waals surface area contributed by atoms with Crippen LogP contribution >= 0.6 is 45.5 Å². The SMILES string of the molecule is O=c1c(I)c(O)[n+](Cc2cnc(Cl)s2)c2ccccn12. The third-order valence-corrected chi connectivity index (χ3v) is 4.86. The van der Waals surface area contributed by atoms with Gasteiger partial charge in [0.25, 0.3) is 5.65 Å². The van der Waals surface area contributed by atoms with Crippen molar-refractivity contribution in [3.8, 4) is 5.88 Å². The highest BCUT2D eigenvalue weighted by molar-refractivity contribution is 14.1. The van der Waals surface area contributed by atoms with E-state index in [9.17, 15) is 9.90 Å². The summed E-state index contributed by atoms with van der Waals surface area (Å²) in [5, 5.41) is 10.2. The highest BCUT2D eigenvalue weighted by Gasteiger charge is 2.22. The molecule has 0 aromatic carbocycles. The minimum atomic E-state index is -0.239. The van der Waals surface area contributed by atoms with Crippen molar-refractivity contribution in [2.24, 2.45) is 0 Å². The molecular formula is C12H8ClIN3O2S+. The molecule has 3 aromatic heterocycles. The summed E-state index contributed by atoms with van der Waals surface area (Å²) in [6.45, 7) is 0.403. The molecule has 0 aliphatic carbocycles. The van der Waals surface area contributed by atoms with Crippen LogP contribution in [-0.4, -0.2) is 14.5 Å². The lowest BCUT2D eigenvalue weighted by molar-refractivity contribution is -0.672. The predicted octanol–water partition coefficient (Wildman–Crippen LogP) is 2.06. The quantitative estimate of drug-likeness (QED) is 0.510. The van der Waals surface area contributed by atoms with E-state index in [1.807, 2.05) is 28.7 Å². The van der Waals surface area contributed by atoms with Crippen LogP contribution in [0.5, 0.6) is 5.88 Å². The highest BCUT2D eigenvalue weighted by atomic mass is 127. The molecule has 8 heteroatoms. The molecule has 1 N–H and O–H groups in total. The van der Waals surface area contributed by atoms with E-state index in [-0.39, 0.29) is 15.0 Å². The summed E-state index contributed by atoms with van der Waals surface area (Å²) >= 11 is 9.01. The number of aromatic hydroxyl groups is 1. The molecule has 0 fully saturated rings. The summed E-state index contributed by atoms with van der Waals surface area (Å²) < 4.78 is 3.89. The van der Waals surface area contributed by atoms with Crippen molar-refractivity contribution in [3.63, 3.8) is 0 Å². The maximum absolute atomic E-state index is 12.1. The Balaban J connectivity index is 2.26. The third-order valence-electron chi connectivity index (χ3n) is 2.81. The molecule has 3 heterocycles. The Labute approximate surface area is 136 Å². The molecule has 0 spiro atoms. The van der Waals surface area contributed by atoms with Gasteiger partial charge in [0.2, 0.25) is 0 Å². The molecular weight excluding hydrogens is 413 g/mol. The average molecular weight is 421 g/mol. The number of pyridine rings is 1. The second-order valence-corrected chi connectivity index (χ2v) is 6.81. The largest absolute Gasteiger partial charge is 0.477 e. The van der Waals surface area contributed by atoms with Crippen LogP contribution in [0.15, 0.2) is 35.4 Å². The van der Waals surface area contributed by atoms with Gasteiger partial charge in [-0.3, -0.25) is 0 Å². The number of hydrogen-bond acceptors (Lipinski definition) is 4. The molecule has 0 aliphatic rings. The third kappa shape index (κ3) is 2.29. The fourth-order valence-corrected chi connectivity index (χ4v) is 3.44. The zero-order valence-electron chi connectivity index (χ0n) is 9.96. The zero-order valence-corrected chi connectivity index (χ0v) is 13.7. The first kappa shape index (κ1) is 13.8. The van der Waals surface area contributed by atoms with Crippen molar-refractivity contribution >= 4 is 51.2 Å². The van der Waals surface area contributed by atoms with Crippen LogP contribution in [0.4, 0.5) is 0 Å². The summed E-state index contributed by atoms with van der Waals surface area (Å²) in [7, 11) is 0. The van der Waals surface area contributed by atoms with Gasteiger partial charge >= 0.3 is 11.4 Å². The fourth-order valence-electron chi connectivity index (χ4n) is 1.92. The standard InChI is InChI=1S/C12H7ClIN3O2S/c13-12-15-5-7(20-12)6-17-8-3-1-2-4-16(8)10(18)9(14)11(17)19/h1-5H,6H2/p+1. The monoisotopic (exact) mass is 420 g/mol. The smallest absolute Gasteiger partial charge is 0.359 e. The number of rotatable bonds is 2. The van der Waals surface area contributed by atoms with E-state index in [0.29, 0.717) is 16.7 Å². The second-order valence-electron chi connectivity index (χ2n) is 4.04. The van der Waals surface area contributed by atoms with E-state index in [0.717, 1.165) is 4.88 Å². The molecule has 0 bridgehead atoms. The summed E-state index contributed by atoms with van der Waals surface area (Å²) in [5.74, 6) is -0.0497. The van der Waals surface area contributed by atoms with Crippen molar-refractivity contribution in [3.05, 3.63) is 53.9 Å². The molecule has 3 rings (SSSR count). The number of nitrogens with zero attached hydrogens (tertiary/aromatic N) is 3. The fraction of sp³-hybridized carbons (Fsp3) is 0.0833. The van der Waals surface area contributed by atoms with Gasteiger partial charge in [-0.05, 0) is 28.7 Å². The first-order chi connectivity index (χ1) is 9.58. The maximum Gasteiger partial charge on any atom is 0.359 e. The molecule has 0 atom stereocenters. The van der Waals surface area contributed by atoms with Gasteiger partial charge in [-0.2, -0.15) is 8.97 Å². The molecule has 0 aliphatic heterocycles. The summed E-state index contributed by atoms with van der Waals surface area (Å²) in [6, 6.07) is 5.37. The van der Waals surface area contributed by atoms with Gasteiger partial charge in [-0.15, -0.1) is 11.3 Å². The van der Waals surface area contributed by atoms with Crippen molar-refractivity contribution in [2.45, 2.75) is 6.54 Å². The van der Waals surface area contributed by atoms with Crippen LogP contribution in [-0.2, 0) is 6.54 Å². The first-order valence-corrected chi connectivity index (χ1v) is 7.87. The molecule has 0 unspecified atom stereocenters. The van der Waals surface area contributed by atoms with Crippen LogP contribution in [0, 0.1) is 3.57 Å². The lowest BCUT2D eigenvalue weighted by atomic mass is 10.4. The van der Waals surface area contributed by atoms with Crippen molar-refractivity contribution in [1.82, 2.24) is 9.38 Å². The molecule has 20 heavy (non-hydrogen) atoms. The van der Waals surface area contributed by atoms with Gasteiger partial charge < -0.3 is 5.11 Å². The Morgan fingerprint density at radius 1 is 1.50 bits per heavy atom. The molecule has 102 valence electrons. The summed E-state index contributed by atoms with van der Waals surface area (Å²) in [4.78, 5) is 17.0. The molecule has 0 amide bonds. The molecule has 0 radical (unpaired) electrons. The number of fused-ring (bicyclic) bond motifs is 1. The van der Waals surface area contributed by atoms with Gasteiger partial charge in [0.1, 0.15) is 6.54 Å². The number of hydrogen-bond donors (Lipinski definition) is 1. The van der Waals surface area contributed by atoms with E-state index in [2.05, 4.69) is 4.98 Å². The molecule has 0 saturated carbocycles. The second kappa shape index (κ2) is 5.30. The Morgan fingerprint density at radius 3 is 3.00 bits per heavy atom. The number of aromatic nitrogens is 3. The molecule has 5 nitrogen and oxygen atoms in total. The number of thiazole rings is 1. The average Bonchev–Trinajstić information content (AvgIpc) is 2.86. The number of halogens is 2. The predicted molar refractivity (Wildman–Crippen MR) is 84.5 cm³/mol. The van der Waals surface area contributed by atoms with Crippen LogP contribution in [0.25, 0.3) is 5.65 Å². The Kier molecular flexibility index (Phi) is 3.65. The Morgan fingerprint density at radius 2 is 2.30 bits per heavy atom. The maximum atomic E-state index is 12.1.